The van der Waals surface area contributed by atoms with Gasteiger partial charge in [0.15, 0.2) is 0 Å². The van der Waals surface area contributed by atoms with Crippen molar-refractivity contribution in [1.82, 2.24) is 9.78 Å². The highest BCUT2D eigenvalue weighted by Gasteiger charge is 2.26. The number of aryl methyl sites for hydroxylation is 1. The molecule has 0 bridgehead atoms. The van der Waals surface area contributed by atoms with E-state index in [-0.39, 0.29) is 11.3 Å². The Balaban J connectivity index is 1.84. The number of hydrogen-bond acceptors (Lipinski definition) is 5. The molecule has 1 fully saturated rings. The molecule has 0 spiro atoms. The van der Waals surface area contributed by atoms with E-state index in [4.69, 9.17) is 9.47 Å². The van der Waals surface area contributed by atoms with E-state index in [1.807, 2.05) is 0 Å². The number of rotatable bonds is 4. The van der Waals surface area contributed by atoms with Gasteiger partial charge in [-0.25, -0.2) is 4.79 Å². The summed E-state index contributed by atoms with van der Waals surface area (Å²) in [5.74, 6) is -0.0131. The van der Waals surface area contributed by atoms with E-state index in [0.29, 0.717) is 30.3 Å². The number of nitrogens with one attached hydrogen (secondary N) is 2. The van der Waals surface area contributed by atoms with Crippen LogP contribution in [0.2, 0.25) is 0 Å². The minimum absolute atomic E-state index is 0.200. The molecule has 9 heteroatoms. The van der Waals surface area contributed by atoms with Gasteiger partial charge in [0.25, 0.3) is 11.5 Å². The molecular weight excluding hydrogens is 316 g/mol. The van der Waals surface area contributed by atoms with Gasteiger partial charge in [0, 0.05) is 24.9 Å². The molecule has 24 heavy (non-hydrogen) atoms. The van der Waals surface area contributed by atoms with Crippen LogP contribution >= 0.6 is 0 Å². The van der Waals surface area contributed by atoms with Crippen molar-refractivity contribution in [1.29, 1.82) is 0 Å². The average Bonchev–Trinajstić information content (AvgIpc) is 3.12. The molecule has 1 aromatic carbocycles. The van der Waals surface area contributed by atoms with Crippen LogP contribution in [-0.4, -0.2) is 42.0 Å². The highest BCUT2D eigenvalue weighted by atomic mass is 16.6. The van der Waals surface area contributed by atoms with E-state index in [9.17, 15) is 14.4 Å². The molecule has 1 aliphatic rings. The zero-order valence-corrected chi connectivity index (χ0v) is 13.2. The lowest BCUT2D eigenvalue weighted by Crippen LogP contribution is -2.24. The third-order valence-electron chi connectivity index (χ3n) is 3.63. The number of methoxy groups -OCH3 is 1. The van der Waals surface area contributed by atoms with Crippen LogP contribution in [0.1, 0.15) is 10.5 Å². The van der Waals surface area contributed by atoms with Gasteiger partial charge in [-0.2, -0.15) is 0 Å². The van der Waals surface area contributed by atoms with Crippen LogP contribution in [0.15, 0.2) is 29.1 Å². The zero-order chi connectivity index (χ0) is 17.3. The molecule has 2 aromatic rings. The van der Waals surface area contributed by atoms with Crippen LogP contribution in [-0.2, 0) is 11.8 Å². The van der Waals surface area contributed by atoms with Gasteiger partial charge < -0.3 is 14.8 Å². The van der Waals surface area contributed by atoms with Crippen LogP contribution in [0.5, 0.6) is 5.75 Å². The number of cyclic esters (lactones) is 1. The molecule has 2 amide bonds. The molecule has 0 aliphatic carbocycles. The first-order valence-electron chi connectivity index (χ1n) is 7.19. The smallest absolute Gasteiger partial charge is 0.414 e. The van der Waals surface area contributed by atoms with Crippen molar-refractivity contribution in [3.05, 3.63) is 40.3 Å². The first-order valence-corrected chi connectivity index (χ1v) is 7.19. The maximum Gasteiger partial charge on any atom is 0.414 e. The van der Waals surface area contributed by atoms with E-state index in [1.54, 1.807) is 25.2 Å². The average molecular weight is 332 g/mol. The van der Waals surface area contributed by atoms with Crippen molar-refractivity contribution in [2.24, 2.45) is 7.05 Å². The van der Waals surface area contributed by atoms with E-state index in [2.05, 4.69) is 10.4 Å². The number of H-pyrrole nitrogens is 1. The number of amides is 2. The lowest BCUT2D eigenvalue weighted by molar-refractivity contribution is 0.101. The van der Waals surface area contributed by atoms with Gasteiger partial charge in [-0.3, -0.25) is 24.3 Å². The summed E-state index contributed by atoms with van der Waals surface area (Å²) < 4.78 is 11.5. The second-order valence-corrected chi connectivity index (χ2v) is 5.17. The van der Waals surface area contributed by atoms with E-state index < -0.39 is 12.0 Å². The van der Waals surface area contributed by atoms with Crippen molar-refractivity contribution < 1.29 is 19.1 Å². The molecule has 126 valence electrons. The maximum atomic E-state index is 12.2. The Hall–Kier alpha value is -3.23. The van der Waals surface area contributed by atoms with Crippen molar-refractivity contribution in [3.8, 4) is 5.75 Å². The highest BCUT2D eigenvalue weighted by Crippen LogP contribution is 2.33. The summed E-state index contributed by atoms with van der Waals surface area (Å²) in [7, 11) is 3.04. The topological polar surface area (TPSA) is 106 Å². The number of aromatic nitrogens is 2. The molecule has 0 atom stereocenters. The standard InChI is InChI=1S/C15H16N4O5/c1-18-11(8-13(20)17-18)14(21)16-9-3-4-10(12(7-9)23-2)19-5-6-24-15(19)22/h3-4,7-8H,5-6H2,1-2H3,(H,16,21)(H,17,20). The second kappa shape index (κ2) is 6.11. The summed E-state index contributed by atoms with van der Waals surface area (Å²) >= 11 is 0. The molecule has 0 unspecified atom stereocenters. The van der Waals surface area contributed by atoms with E-state index in [0.717, 1.165) is 0 Å². The Kier molecular flexibility index (Phi) is 3.98. The molecule has 0 saturated carbocycles. The van der Waals surface area contributed by atoms with Gasteiger partial charge in [-0.1, -0.05) is 0 Å². The molecular formula is C15H16N4O5. The largest absolute Gasteiger partial charge is 0.494 e. The molecule has 2 heterocycles. The number of benzene rings is 1. The van der Waals surface area contributed by atoms with Gasteiger partial charge >= 0.3 is 6.09 Å². The number of nitrogens with zero attached hydrogens (tertiary/aromatic N) is 2. The Morgan fingerprint density at radius 2 is 2.12 bits per heavy atom. The lowest BCUT2D eigenvalue weighted by atomic mass is 10.2. The number of hydrogen-bond donors (Lipinski definition) is 2. The van der Waals surface area contributed by atoms with E-state index in [1.165, 1.54) is 22.8 Å². The zero-order valence-electron chi connectivity index (χ0n) is 13.2. The molecule has 2 N–H and O–H groups in total. The van der Waals surface area contributed by atoms with Gasteiger partial charge in [-0.05, 0) is 12.1 Å². The predicted molar refractivity (Wildman–Crippen MR) is 85.7 cm³/mol. The highest BCUT2D eigenvalue weighted by molar-refractivity contribution is 6.03. The summed E-state index contributed by atoms with van der Waals surface area (Å²) in [5, 5.41) is 5.15. The van der Waals surface area contributed by atoms with Gasteiger partial charge in [-0.15, -0.1) is 0 Å². The van der Waals surface area contributed by atoms with Crippen molar-refractivity contribution in [3.63, 3.8) is 0 Å². The van der Waals surface area contributed by atoms with Gasteiger partial charge in [0.05, 0.1) is 19.3 Å². The van der Waals surface area contributed by atoms with Crippen LogP contribution in [0.25, 0.3) is 0 Å². The van der Waals surface area contributed by atoms with Crippen LogP contribution in [0, 0.1) is 0 Å². The summed E-state index contributed by atoms with van der Waals surface area (Å²) in [4.78, 5) is 36.6. The summed E-state index contributed by atoms with van der Waals surface area (Å²) in [6.45, 7) is 0.758. The first kappa shape index (κ1) is 15.7. The fourth-order valence-corrected chi connectivity index (χ4v) is 2.48. The number of ether oxygens (including phenoxy) is 2. The number of carbonyl (C=O) groups is 2. The van der Waals surface area contributed by atoms with Crippen molar-refractivity contribution >= 4 is 23.4 Å². The van der Waals surface area contributed by atoms with Crippen LogP contribution < -0.4 is 20.5 Å². The third kappa shape index (κ3) is 2.83. The van der Waals surface area contributed by atoms with Crippen LogP contribution in [0.3, 0.4) is 0 Å². The normalized spacial score (nSPS) is 13.8. The quantitative estimate of drug-likeness (QED) is 0.866. The maximum absolute atomic E-state index is 12.2. The first-order chi connectivity index (χ1) is 11.5. The number of carbonyl (C=O) groups excluding carboxylic acids is 2. The molecule has 1 aromatic heterocycles. The molecule has 3 rings (SSSR count). The number of aromatic amines is 1. The Morgan fingerprint density at radius 1 is 1.33 bits per heavy atom. The third-order valence-corrected chi connectivity index (χ3v) is 3.63. The Morgan fingerprint density at radius 3 is 2.71 bits per heavy atom. The fourth-order valence-electron chi connectivity index (χ4n) is 2.48. The second-order valence-electron chi connectivity index (χ2n) is 5.17. The summed E-state index contributed by atoms with van der Waals surface area (Å²) in [5.41, 5.74) is 0.878. The molecule has 0 radical (unpaired) electrons. The van der Waals surface area contributed by atoms with Crippen molar-refractivity contribution in [2.75, 3.05) is 30.5 Å². The monoisotopic (exact) mass is 332 g/mol. The predicted octanol–water partition coefficient (Wildman–Crippen LogP) is 0.931. The molecule has 1 aliphatic heterocycles. The molecule has 9 nitrogen and oxygen atoms in total. The van der Waals surface area contributed by atoms with Crippen molar-refractivity contribution in [2.45, 2.75) is 0 Å². The van der Waals surface area contributed by atoms with Gasteiger partial charge in [0.2, 0.25) is 0 Å². The lowest BCUT2D eigenvalue weighted by Gasteiger charge is -2.17. The SMILES string of the molecule is COc1cc(NC(=O)c2cc(=O)[nH]n2C)ccc1N1CCOC1=O. The molecule has 1 saturated heterocycles. The fraction of sp³-hybridized carbons (Fsp3) is 0.267. The van der Waals surface area contributed by atoms with E-state index >= 15 is 0 Å². The van der Waals surface area contributed by atoms with Gasteiger partial charge in [0.1, 0.15) is 18.1 Å². The number of anilines is 2. The van der Waals surface area contributed by atoms with Crippen LogP contribution in [0.4, 0.5) is 16.2 Å². The summed E-state index contributed by atoms with van der Waals surface area (Å²) in [6.07, 6.45) is -0.438. The minimum atomic E-state index is -0.439. The Bertz CT molecular complexity index is 854. The minimum Gasteiger partial charge on any atom is -0.494 e. The summed E-state index contributed by atoms with van der Waals surface area (Å²) in [6, 6.07) is 6.12. The Labute approximate surface area is 136 Å².